The second kappa shape index (κ2) is 8.24. The Labute approximate surface area is 127 Å². The predicted octanol–water partition coefficient (Wildman–Crippen LogP) is 6.87. The van der Waals surface area contributed by atoms with Crippen molar-refractivity contribution >= 4 is 0 Å². The summed E-state index contributed by atoms with van der Waals surface area (Å²) in [7, 11) is 0. The van der Waals surface area contributed by atoms with Crippen molar-refractivity contribution in [1.82, 2.24) is 0 Å². The average Bonchev–Trinajstić information content (AvgIpc) is 2.53. The van der Waals surface area contributed by atoms with E-state index in [0.29, 0.717) is 18.8 Å². The highest BCUT2D eigenvalue weighted by atomic mass is 19.3. The number of hydrogen-bond acceptors (Lipinski definition) is 0. The van der Waals surface area contributed by atoms with E-state index >= 15 is 0 Å². The summed E-state index contributed by atoms with van der Waals surface area (Å²) in [4.78, 5) is 0. The zero-order chi connectivity index (χ0) is 15.2. The molecule has 3 heteroatoms. The van der Waals surface area contributed by atoms with Crippen LogP contribution in [0.3, 0.4) is 0 Å². The van der Waals surface area contributed by atoms with Gasteiger partial charge in [-0.05, 0) is 56.3 Å². The Balaban J connectivity index is 1.73. The van der Waals surface area contributed by atoms with Crippen LogP contribution >= 0.6 is 0 Å². The van der Waals surface area contributed by atoms with Gasteiger partial charge in [-0.2, -0.15) is 8.78 Å². The van der Waals surface area contributed by atoms with E-state index < -0.39 is 17.8 Å². The molecule has 0 unspecified atom stereocenters. The number of allylic oxidation sites excluding steroid dienone is 1. The fourth-order valence-electron chi connectivity index (χ4n) is 4.44. The molecule has 0 N–H and O–H groups in total. The Hall–Kier alpha value is -0.470. The van der Waals surface area contributed by atoms with Crippen molar-refractivity contribution in [2.75, 3.05) is 0 Å². The van der Waals surface area contributed by atoms with Crippen LogP contribution in [0.4, 0.5) is 13.2 Å². The summed E-state index contributed by atoms with van der Waals surface area (Å²) in [6.45, 7) is 2.25. The lowest BCUT2D eigenvalue weighted by molar-refractivity contribution is 0.142. The topological polar surface area (TPSA) is 0 Å². The SMILES string of the molecule is CCCCC1CCC(C2CCC(C(F)=C(F)F)CC2)CC1. The van der Waals surface area contributed by atoms with E-state index in [4.69, 9.17) is 0 Å². The Morgan fingerprint density at radius 3 is 1.81 bits per heavy atom. The van der Waals surface area contributed by atoms with Gasteiger partial charge < -0.3 is 0 Å². The van der Waals surface area contributed by atoms with Crippen molar-refractivity contribution in [1.29, 1.82) is 0 Å². The third-order valence-corrected chi connectivity index (χ3v) is 5.83. The van der Waals surface area contributed by atoms with Gasteiger partial charge >= 0.3 is 6.08 Å². The van der Waals surface area contributed by atoms with Crippen molar-refractivity contribution in [2.24, 2.45) is 23.7 Å². The summed E-state index contributed by atoms with van der Waals surface area (Å²) in [5.41, 5.74) is 0. The lowest BCUT2D eigenvalue weighted by Gasteiger charge is -2.37. The molecule has 2 aliphatic rings. The summed E-state index contributed by atoms with van der Waals surface area (Å²) in [5, 5.41) is 0. The number of halogens is 3. The van der Waals surface area contributed by atoms with E-state index in [1.807, 2.05) is 0 Å². The number of hydrogen-bond donors (Lipinski definition) is 0. The highest BCUT2D eigenvalue weighted by Crippen LogP contribution is 2.44. The molecule has 0 aromatic carbocycles. The lowest BCUT2D eigenvalue weighted by atomic mass is 9.68. The van der Waals surface area contributed by atoms with E-state index in [1.165, 1.54) is 44.9 Å². The molecule has 0 saturated heterocycles. The fraction of sp³-hybridized carbons (Fsp3) is 0.889. The summed E-state index contributed by atoms with van der Waals surface area (Å²) >= 11 is 0. The minimum atomic E-state index is -2.10. The molecule has 21 heavy (non-hydrogen) atoms. The maximum Gasteiger partial charge on any atom is 0.301 e. The van der Waals surface area contributed by atoms with E-state index in [0.717, 1.165) is 24.7 Å². The van der Waals surface area contributed by atoms with Crippen LogP contribution in [-0.4, -0.2) is 0 Å². The van der Waals surface area contributed by atoms with Gasteiger partial charge in [-0.25, -0.2) is 4.39 Å². The summed E-state index contributed by atoms with van der Waals surface area (Å²) in [5.74, 6) is 0.692. The Morgan fingerprint density at radius 2 is 1.33 bits per heavy atom. The van der Waals surface area contributed by atoms with E-state index in [-0.39, 0.29) is 0 Å². The third kappa shape index (κ3) is 4.75. The predicted molar refractivity (Wildman–Crippen MR) is 80.8 cm³/mol. The first-order chi connectivity index (χ1) is 10.1. The van der Waals surface area contributed by atoms with Gasteiger partial charge in [0.2, 0.25) is 0 Å². The van der Waals surface area contributed by atoms with E-state index in [9.17, 15) is 13.2 Å². The maximum absolute atomic E-state index is 13.3. The number of rotatable bonds is 5. The monoisotopic (exact) mass is 302 g/mol. The molecule has 2 aliphatic carbocycles. The molecule has 0 bridgehead atoms. The van der Waals surface area contributed by atoms with Gasteiger partial charge in [0.1, 0.15) is 0 Å². The first-order valence-electron chi connectivity index (χ1n) is 8.82. The quantitative estimate of drug-likeness (QED) is 0.520. The minimum Gasteiger partial charge on any atom is -0.206 e. The van der Waals surface area contributed by atoms with Gasteiger partial charge in [-0.15, -0.1) is 0 Å². The second-order valence-electron chi connectivity index (χ2n) is 7.14. The largest absolute Gasteiger partial charge is 0.301 e. The molecular weight excluding hydrogens is 273 g/mol. The molecule has 0 radical (unpaired) electrons. The average molecular weight is 302 g/mol. The van der Waals surface area contributed by atoms with Crippen LogP contribution in [0.5, 0.6) is 0 Å². The normalized spacial score (nSPS) is 33.7. The summed E-state index contributed by atoms with van der Waals surface area (Å²) in [6, 6.07) is 0. The molecule has 2 saturated carbocycles. The van der Waals surface area contributed by atoms with Gasteiger partial charge in [-0.1, -0.05) is 39.0 Å². The molecule has 0 nitrogen and oxygen atoms in total. The Morgan fingerprint density at radius 1 is 0.810 bits per heavy atom. The summed E-state index contributed by atoms with van der Waals surface area (Å²) < 4.78 is 37.9. The fourth-order valence-corrected chi connectivity index (χ4v) is 4.44. The summed E-state index contributed by atoms with van der Waals surface area (Å²) in [6.07, 6.45) is 10.3. The number of unbranched alkanes of at least 4 members (excludes halogenated alkanes) is 1. The molecular formula is C18H29F3. The molecule has 122 valence electrons. The molecule has 2 fully saturated rings. The van der Waals surface area contributed by atoms with Crippen molar-refractivity contribution in [3.63, 3.8) is 0 Å². The molecule has 0 atom stereocenters. The van der Waals surface area contributed by atoms with Gasteiger partial charge in [0.25, 0.3) is 0 Å². The molecule has 0 aliphatic heterocycles. The lowest BCUT2D eigenvalue weighted by Crippen LogP contribution is -2.26. The molecule has 0 heterocycles. The second-order valence-corrected chi connectivity index (χ2v) is 7.14. The smallest absolute Gasteiger partial charge is 0.206 e. The van der Waals surface area contributed by atoms with Crippen LogP contribution in [0.1, 0.15) is 77.6 Å². The zero-order valence-electron chi connectivity index (χ0n) is 13.2. The van der Waals surface area contributed by atoms with Crippen molar-refractivity contribution in [2.45, 2.75) is 77.6 Å². The molecule has 0 spiro atoms. The van der Waals surface area contributed by atoms with E-state index in [1.54, 1.807) is 0 Å². The first kappa shape index (κ1) is 16.9. The maximum atomic E-state index is 13.3. The Bertz CT molecular complexity index is 330. The Kier molecular flexibility index (Phi) is 6.63. The van der Waals surface area contributed by atoms with Crippen LogP contribution in [0, 0.1) is 23.7 Å². The molecule has 2 rings (SSSR count). The van der Waals surface area contributed by atoms with Gasteiger partial charge in [0, 0.05) is 5.92 Å². The van der Waals surface area contributed by atoms with Crippen molar-refractivity contribution < 1.29 is 13.2 Å². The zero-order valence-corrected chi connectivity index (χ0v) is 13.2. The third-order valence-electron chi connectivity index (χ3n) is 5.83. The standard InChI is InChI=1S/C18H29F3/c1-2-3-4-13-5-7-14(8-6-13)15-9-11-16(12-10-15)17(19)18(20)21/h13-16H,2-12H2,1H3. The van der Waals surface area contributed by atoms with Crippen molar-refractivity contribution in [3.8, 4) is 0 Å². The van der Waals surface area contributed by atoms with Crippen LogP contribution in [-0.2, 0) is 0 Å². The van der Waals surface area contributed by atoms with Gasteiger partial charge in [-0.3, -0.25) is 0 Å². The molecule has 0 aromatic heterocycles. The van der Waals surface area contributed by atoms with Crippen LogP contribution in [0.15, 0.2) is 11.9 Å². The first-order valence-corrected chi connectivity index (χ1v) is 8.82. The molecule has 0 amide bonds. The van der Waals surface area contributed by atoms with Crippen LogP contribution in [0.2, 0.25) is 0 Å². The van der Waals surface area contributed by atoms with E-state index in [2.05, 4.69) is 6.92 Å². The van der Waals surface area contributed by atoms with Crippen molar-refractivity contribution in [3.05, 3.63) is 11.9 Å². The molecule has 0 aromatic rings. The van der Waals surface area contributed by atoms with Gasteiger partial charge in [0.15, 0.2) is 5.83 Å². The van der Waals surface area contributed by atoms with Gasteiger partial charge in [0.05, 0.1) is 0 Å². The minimum absolute atomic E-state index is 0.507. The van der Waals surface area contributed by atoms with Crippen LogP contribution in [0.25, 0.3) is 0 Å². The highest BCUT2D eigenvalue weighted by Gasteiger charge is 2.32. The highest BCUT2D eigenvalue weighted by molar-refractivity contribution is 5.00. The van der Waals surface area contributed by atoms with Crippen LogP contribution < -0.4 is 0 Å².